The molecule has 1 heterocycles. The molecule has 0 radical (unpaired) electrons. The fraction of sp³-hybridized carbons (Fsp3) is 0.143. The molecule has 1 aromatic carbocycles. The monoisotopic (exact) mass is 257 g/mol. The van der Waals surface area contributed by atoms with Gasteiger partial charge < -0.3 is 16.2 Å². The number of ether oxygens (including phenoxy) is 1. The van der Waals surface area contributed by atoms with Crippen molar-refractivity contribution in [2.24, 2.45) is 5.73 Å². The molecule has 5 heteroatoms. The van der Waals surface area contributed by atoms with Crippen molar-refractivity contribution in [3.05, 3.63) is 53.3 Å². The maximum absolute atomic E-state index is 11.3. The number of nitrogens with two attached hydrogens (primary N) is 2. The second-order valence-electron chi connectivity index (χ2n) is 4.18. The number of hydrogen-bond acceptors (Lipinski definition) is 4. The smallest absolute Gasteiger partial charge is 0.252 e. The molecule has 0 fully saturated rings. The number of aryl methyl sites for hydroxylation is 1. The Balaban J connectivity index is 2.17. The van der Waals surface area contributed by atoms with Crippen LogP contribution in [0.4, 0.5) is 5.69 Å². The molecule has 0 aliphatic carbocycles. The van der Waals surface area contributed by atoms with Crippen LogP contribution in [0.5, 0.6) is 5.75 Å². The first kappa shape index (κ1) is 12.9. The average Bonchev–Trinajstić information content (AvgIpc) is 2.37. The summed E-state index contributed by atoms with van der Waals surface area (Å²) in [6.07, 6.45) is 0. The van der Waals surface area contributed by atoms with Gasteiger partial charge in [0.05, 0.1) is 11.3 Å². The Bertz CT molecular complexity index is 611. The molecule has 0 atom stereocenters. The molecule has 0 bridgehead atoms. The number of hydrogen-bond donors (Lipinski definition) is 2. The van der Waals surface area contributed by atoms with Gasteiger partial charge >= 0.3 is 0 Å². The predicted molar refractivity (Wildman–Crippen MR) is 72.7 cm³/mol. The zero-order valence-electron chi connectivity index (χ0n) is 10.6. The van der Waals surface area contributed by atoms with Crippen LogP contribution < -0.4 is 16.2 Å². The highest BCUT2D eigenvalue weighted by Gasteiger charge is 2.10. The highest BCUT2D eigenvalue weighted by atomic mass is 16.5. The van der Waals surface area contributed by atoms with E-state index >= 15 is 0 Å². The Morgan fingerprint density at radius 3 is 2.79 bits per heavy atom. The number of rotatable bonds is 4. The van der Waals surface area contributed by atoms with Crippen LogP contribution in [0.1, 0.15) is 21.7 Å². The Morgan fingerprint density at radius 2 is 2.11 bits per heavy atom. The van der Waals surface area contributed by atoms with E-state index in [0.29, 0.717) is 11.4 Å². The second-order valence-corrected chi connectivity index (χ2v) is 4.18. The summed E-state index contributed by atoms with van der Waals surface area (Å²) in [7, 11) is 0. The third-order valence-electron chi connectivity index (χ3n) is 2.59. The molecule has 0 saturated heterocycles. The number of primary amides is 1. The first-order valence-corrected chi connectivity index (χ1v) is 5.81. The van der Waals surface area contributed by atoms with Gasteiger partial charge in [-0.15, -0.1) is 0 Å². The molecule has 0 saturated carbocycles. The SMILES string of the molecule is Cc1cccc(COc2ccc(N)cc2C(N)=O)n1. The number of amides is 1. The fourth-order valence-electron chi connectivity index (χ4n) is 1.70. The van der Waals surface area contributed by atoms with Crippen LogP contribution in [0.2, 0.25) is 0 Å². The van der Waals surface area contributed by atoms with Gasteiger partial charge in [0.1, 0.15) is 12.4 Å². The van der Waals surface area contributed by atoms with Crippen molar-refractivity contribution in [1.82, 2.24) is 4.98 Å². The van der Waals surface area contributed by atoms with Crippen LogP contribution in [0.3, 0.4) is 0 Å². The predicted octanol–water partition coefficient (Wildman–Crippen LogP) is 1.65. The van der Waals surface area contributed by atoms with Crippen molar-refractivity contribution < 1.29 is 9.53 Å². The summed E-state index contributed by atoms with van der Waals surface area (Å²) in [5.41, 5.74) is 13.3. The van der Waals surface area contributed by atoms with E-state index in [1.165, 1.54) is 6.07 Å². The second kappa shape index (κ2) is 5.39. The van der Waals surface area contributed by atoms with E-state index in [4.69, 9.17) is 16.2 Å². The van der Waals surface area contributed by atoms with Gasteiger partial charge in [0.2, 0.25) is 0 Å². The van der Waals surface area contributed by atoms with Crippen LogP contribution in [0.15, 0.2) is 36.4 Å². The molecule has 1 amide bonds. The van der Waals surface area contributed by atoms with Crippen LogP contribution in [-0.4, -0.2) is 10.9 Å². The normalized spacial score (nSPS) is 10.2. The lowest BCUT2D eigenvalue weighted by molar-refractivity contribution is 0.0996. The van der Waals surface area contributed by atoms with Gasteiger partial charge in [-0.25, -0.2) is 0 Å². The first-order valence-electron chi connectivity index (χ1n) is 5.81. The van der Waals surface area contributed by atoms with Gasteiger partial charge in [0.25, 0.3) is 5.91 Å². The average molecular weight is 257 g/mol. The van der Waals surface area contributed by atoms with E-state index in [9.17, 15) is 4.79 Å². The van der Waals surface area contributed by atoms with E-state index in [-0.39, 0.29) is 12.2 Å². The summed E-state index contributed by atoms with van der Waals surface area (Å²) in [5, 5.41) is 0. The molecule has 19 heavy (non-hydrogen) atoms. The molecule has 4 N–H and O–H groups in total. The molecule has 0 aliphatic heterocycles. The van der Waals surface area contributed by atoms with E-state index < -0.39 is 5.91 Å². The minimum Gasteiger partial charge on any atom is -0.486 e. The number of carbonyl (C=O) groups excluding carboxylic acids is 1. The standard InChI is InChI=1S/C14H15N3O2/c1-9-3-2-4-11(17-9)8-19-13-6-5-10(15)7-12(13)14(16)18/h2-7H,8,15H2,1H3,(H2,16,18). The molecule has 0 aliphatic rings. The Morgan fingerprint density at radius 1 is 1.32 bits per heavy atom. The molecule has 98 valence electrons. The largest absolute Gasteiger partial charge is 0.486 e. The van der Waals surface area contributed by atoms with E-state index in [0.717, 1.165) is 11.4 Å². The van der Waals surface area contributed by atoms with Gasteiger partial charge in [0.15, 0.2) is 0 Å². The number of benzene rings is 1. The third-order valence-corrected chi connectivity index (χ3v) is 2.59. The van der Waals surface area contributed by atoms with Crippen LogP contribution in [0, 0.1) is 6.92 Å². The van der Waals surface area contributed by atoms with Crippen molar-refractivity contribution in [2.75, 3.05) is 5.73 Å². The maximum atomic E-state index is 11.3. The van der Waals surface area contributed by atoms with E-state index in [2.05, 4.69) is 4.98 Å². The number of aromatic nitrogens is 1. The summed E-state index contributed by atoms with van der Waals surface area (Å²) in [6, 6.07) is 10.5. The van der Waals surface area contributed by atoms with Gasteiger partial charge in [-0.2, -0.15) is 0 Å². The summed E-state index contributed by atoms with van der Waals surface area (Å²) < 4.78 is 5.58. The van der Waals surface area contributed by atoms with Crippen LogP contribution in [0.25, 0.3) is 0 Å². The number of anilines is 1. The quantitative estimate of drug-likeness (QED) is 0.815. The van der Waals surface area contributed by atoms with Crippen molar-refractivity contribution in [2.45, 2.75) is 13.5 Å². The van der Waals surface area contributed by atoms with Crippen molar-refractivity contribution in [3.8, 4) is 5.75 Å². The van der Waals surface area contributed by atoms with Crippen molar-refractivity contribution in [3.63, 3.8) is 0 Å². The summed E-state index contributed by atoms with van der Waals surface area (Å²) >= 11 is 0. The number of carbonyl (C=O) groups is 1. The number of pyridine rings is 1. The molecule has 2 aromatic rings. The minimum atomic E-state index is -0.570. The topological polar surface area (TPSA) is 91.2 Å². The summed E-state index contributed by atoms with van der Waals surface area (Å²) in [6.45, 7) is 2.17. The molecule has 2 rings (SSSR count). The van der Waals surface area contributed by atoms with Gasteiger partial charge in [-0.1, -0.05) is 6.07 Å². The number of nitrogen functional groups attached to an aromatic ring is 1. The van der Waals surface area contributed by atoms with Gasteiger partial charge in [-0.05, 0) is 37.3 Å². The highest BCUT2D eigenvalue weighted by Crippen LogP contribution is 2.21. The first-order chi connectivity index (χ1) is 9.06. The molecule has 0 unspecified atom stereocenters. The Labute approximate surface area is 111 Å². The lowest BCUT2D eigenvalue weighted by Crippen LogP contribution is -2.13. The van der Waals surface area contributed by atoms with E-state index in [1.807, 2.05) is 25.1 Å². The Kier molecular flexibility index (Phi) is 3.66. The zero-order valence-corrected chi connectivity index (χ0v) is 10.6. The molecule has 5 nitrogen and oxygen atoms in total. The maximum Gasteiger partial charge on any atom is 0.252 e. The summed E-state index contributed by atoms with van der Waals surface area (Å²) in [4.78, 5) is 15.6. The minimum absolute atomic E-state index is 0.270. The van der Waals surface area contributed by atoms with Crippen LogP contribution >= 0.6 is 0 Å². The summed E-state index contributed by atoms with van der Waals surface area (Å²) in [5.74, 6) is -0.162. The van der Waals surface area contributed by atoms with Crippen LogP contribution in [-0.2, 0) is 6.61 Å². The van der Waals surface area contributed by atoms with Gasteiger partial charge in [0, 0.05) is 11.4 Å². The van der Waals surface area contributed by atoms with E-state index in [1.54, 1.807) is 12.1 Å². The lowest BCUT2D eigenvalue weighted by atomic mass is 10.1. The lowest BCUT2D eigenvalue weighted by Gasteiger charge is -2.10. The molecule has 1 aromatic heterocycles. The highest BCUT2D eigenvalue weighted by molar-refractivity contribution is 5.96. The molecule has 0 spiro atoms. The third kappa shape index (κ3) is 3.22. The number of nitrogens with zero attached hydrogens (tertiary/aromatic N) is 1. The van der Waals surface area contributed by atoms with Crippen molar-refractivity contribution >= 4 is 11.6 Å². The van der Waals surface area contributed by atoms with Gasteiger partial charge in [-0.3, -0.25) is 9.78 Å². The molecular formula is C14H15N3O2. The molecular weight excluding hydrogens is 242 g/mol. The zero-order chi connectivity index (χ0) is 13.8. The fourth-order valence-corrected chi connectivity index (χ4v) is 1.70. The Hall–Kier alpha value is -2.56. The van der Waals surface area contributed by atoms with Crippen molar-refractivity contribution in [1.29, 1.82) is 0 Å².